The number of aryl methyl sites for hydroxylation is 2. The van der Waals surface area contributed by atoms with Crippen LogP contribution in [0.1, 0.15) is 23.0 Å². The van der Waals surface area contributed by atoms with Crippen LogP contribution >= 0.6 is 0 Å². The molecule has 0 aliphatic carbocycles. The van der Waals surface area contributed by atoms with E-state index in [-0.39, 0.29) is 0 Å². The third-order valence-electron chi connectivity index (χ3n) is 2.48. The quantitative estimate of drug-likeness (QED) is 0.677. The Bertz CT molecular complexity index is 485. The monoisotopic (exact) mass is 188 g/mol. The lowest BCUT2D eigenvalue weighted by atomic mass is 10.1. The molecule has 72 valence electrons. The second-order valence-corrected chi connectivity index (χ2v) is 3.26. The molecule has 0 bridgehead atoms. The second-order valence-electron chi connectivity index (χ2n) is 3.26. The van der Waals surface area contributed by atoms with E-state index in [1.54, 1.807) is 0 Å². The number of rotatable bonds is 2. The van der Waals surface area contributed by atoms with Gasteiger partial charge >= 0.3 is 0 Å². The number of hydrogen-bond donors (Lipinski definition) is 0. The molecule has 0 amide bonds. The molecule has 0 aliphatic rings. The first-order chi connectivity index (χ1) is 6.77. The maximum absolute atomic E-state index is 10.8. The first-order valence-corrected chi connectivity index (χ1v) is 4.69. The van der Waals surface area contributed by atoms with Crippen LogP contribution in [0.25, 0.3) is 10.9 Å². The van der Waals surface area contributed by atoms with Crippen LogP contribution in [0.3, 0.4) is 0 Å². The van der Waals surface area contributed by atoms with Crippen LogP contribution in [-0.2, 0) is 6.54 Å². The SMILES string of the molecule is CCn1nc2cccc(C=O)c2c1C. The highest BCUT2D eigenvalue weighted by Crippen LogP contribution is 2.20. The van der Waals surface area contributed by atoms with Gasteiger partial charge in [-0.05, 0) is 19.9 Å². The lowest BCUT2D eigenvalue weighted by Gasteiger charge is -1.97. The Balaban J connectivity index is 2.85. The Hall–Kier alpha value is -1.64. The molecule has 1 aromatic heterocycles. The maximum atomic E-state index is 10.8. The molecule has 3 heteroatoms. The van der Waals surface area contributed by atoms with Crippen molar-refractivity contribution in [1.29, 1.82) is 0 Å². The normalized spacial score (nSPS) is 10.7. The number of hydrogen-bond acceptors (Lipinski definition) is 2. The maximum Gasteiger partial charge on any atom is 0.150 e. The van der Waals surface area contributed by atoms with Crippen molar-refractivity contribution < 1.29 is 4.79 Å². The standard InChI is InChI=1S/C11H12N2O/c1-3-13-8(2)11-9(7-14)5-4-6-10(11)12-13/h4-7H,3H2,1-2H3. The van der Waals surface area contributed by atoms with Gasteiger partial charge in [0.05, 0.1) is 5.52 Å². The minimum absolute atomic E-state index is 0.722. The van der Waals surface area contributed by atoms with Crippen molar-refractivity contribution in [2.45, 2.75) is 20.4 Å². The third-order valence-corrected chi connectivity index (χ3v) is 2.48. The van der Waals surface area contributed by atoms with Crippen LogP contribution in [0.15, 0.2) is 18.2 Å². The first kappa shape index (κ1) is 8.94. The van der Waals surface area contributed by atoms with Crippen LogP contribution < -0.4 is 0 Å². The number of carbonyl (C=O) groups excluding carboxylic acids is 1. The summed E-state index contributed by atoms with van der Waals surface area (Å²) in [5.41, 5.74) is 2.68. The third kappa shape index (κ3) is 1.13. The molecular formula is C11H12N2O. The fourth-order valence-electron chi connectivity index (χ4n) is 1.78. The Morgan fingerprint density at radius 2 is 2.29 bits per heavy atom. The molecule has 0 aliphatic heterocycles. The summed E-state index contributed by atoms with van der Waals surface area (Å²) in [7, 11) is 0. The van der Waals surface area contributed by atoms with E-state index in [1.165, 1.54) is 0 Å². The number of nitrogens with zero attached hydrogens (tertiary/aromatic N) is 2. The number of aromatic nitrogens is 2. The summed E-state index contributed by atoms with van der Waals surface area (Å²) in [5, 5.41) is 5.37. The van der Waals surface area contributed by atoms with Crippen molar-refractivity contribution in [1.82, 2.24) is 9.78 Å². The van der Waals surface area contributed by atoms with Gasteiger partial charge < -0.3 is 0 Å². The molecule has 14 heavy (non-hydrogen) atoms. The number of carbonyl (C=O) groups is 1. The molecule has 0 fully saturated rings. The summed E-state index contributed by atoms with van der Waals surface area (Å²) in [4.78, 5) is 10.8. The molecule has 1 aromatic carbocycles. The molecule has 1 heterocycles. The van der Waals surface area contributed by atoms with Gasteiger partial charge in [0.25, 0.3) is 0 Å². The second kappa shape index (κ2) is 3.25. The largest absolute Gasteiger partial charge is 0.298 e. The summed E-state index contributed by atoms with van der Waals surface area (Å²) in [6.07, 6.45) is 0.886. The Labute approximate surface area is 82.3 Å². The average molecular weight is 188 g/mol. The van der Waals surface area contributed by atoms with Gasteiger partial charge in [0.15, 0.2) is 6.29 Å². The van der Waals surface area contributed by atoms with E-state index in [0.717, 1.165) is 35.0 Å². The number of benzene rings is 1. The molecule has 0 saturated carbocycles. The molecule has 3 nitrogen and oxygen atoms in total. The predicted molar refractivity (Wildman–Crippen MR) is 55.5 cm³/mol. The summed E-state index contributed by atoms with van der Waals surface area (Å²) < 4.78 is 1.91. The lowest BCUT2D eigenvalue weighted by Crippen LogP contribution is -1.98. The molecule has 2 aromatic rings. The van der Waals surface area contributed by atoms with Crippen LogP contribution in [-0.4, -0.2) is 16.1 Å². The van der Waals surface area contributed by atoms with Crippen molar-refractivity contribution >= 4 is 17.2 Å². The summed E-state index contributed by atoms with van der Waals surface area (Å²) in [5.74, 6) is 0. The number of fused-ring (bicyclic) bond motifs is 1. The summed E-state index contributed by atoms with van der Waals surface area (Å²) >= 11 is 0. The van der Waals surface area contributed by atoms with E-state index in [0.29, 0.717) is 0 Å². The zero-order valence-corrected chi connectivity index (χ0v) is 8.32. The van der Waals surface area contributed by atoms with E-state index in [1.807, 2.05) is 36.7 Å². The van der Waals surface area contributed by atoms with Crippen LogP contribution in [0.2, 0.25) is 0 Å². The highest BCUT2D eigenvalue weighted by molar-refractivity contribution is 5.97. The average Bonchev–Trinajstić information content (AvgIpc) is 2.55. The first-order valence-electron chi connectivity index (χ1n) is 4.69. The van der Waals surface area contributed by atoms with Crippen molar-refractivity contribution in [2.75, 3.05) is 0 Å². The van der Waals surface area contributed by atoms with Gasteiger partial charge in [0.2, 0.25) is 0 Å². The Morgan fingerprint density at radius 1 is 1.50 bits per heavy atom. The van der Waals surface area contributed by atoms with Gasteiger partial charge in [-0.3, -0.25) is 9.48 Å². The van der Waals surface area contributed by atoms with Gasteiger partial charge in [-0.1, -0.05) is 12.1 Å². The minimum atomic E-state index is 0.722. The lowest BCUT2D eigenvalue weighted by molar-refractivity contribution is 0.112. The fourth-order valence-corrected chi connectivity index (χ4v) is 1.78. The predicted octanol–water partition coefficient (Wildman–Crippen LogP) is 2.18. The van der Waals surface area contributed by atoms with E-state index < -0.39 is 0 Å². The van der Waals surface area contributed by atoms with Gasteiger partial charge in [0, 0.05) is 23.2 Å². The van der Waals surface area contributed by atoms with E-state index in [9.17, 15) is 4.79 Å². The van der Waals surface area contributed by atoms with Crippen molar-refractivity contribution in [3.63, 3.8) is 0 Å². The van der Waals surface area contributed by atoms with Crippen molar-refractivity contribution in [2.24, 2.45) is 0 Å². The minimum Gasteiger partial charge on any atom is -0.298 e. The van der Waals surface area contributed by atoms with Crippen molar-refractivity contribution in [3.8, 4) is 0 Å². The molecule has 2 rings (SSSR count). The van der Waals surface area contributed by atoms with Crippen LogP contribution in [0.5, 0.6) is 0 Å². The van der Waals surface area contributed by atoms with E-state index in [4.69, 9.17) is 0 Å². The topological polar surface area (TPSA) is 34.9 Å². The Kier molecular flexibility index (Phi) is 2.08. The van der Waals surface area contributed by atoms with Crippen LogP contribution in [0.4, 0.5) is 0 Å². The molecule has 0 N–H and O–H groups in total. The molecular weight excluding hydrogens is 176 g/mol. The molecule has 0 saturated heterocycles. The smallest absolute Gasteiger partial charge is 0.150 e. The zero-order valence-electron chi connectivity index (χ0n) is 8.32. The summed E-state index contributed by atoms with van der Waals surface area (Å²) in [6, 6.07) is 5.62. The fraction of sp³-hybridized carbons (Fsp3) is 0.273. The zero-order chi connectivity index (χ0) is 10.1. The molecule has 0 unspecified atom stereocenters. The molecule has 0 atom stereocenters. The Morgan fingerprint density at radius 3 is 2.93 bits per heavy atom. The van der Waals surface area contributed by atoms with Gasteiger partial charge in [-0.15, -0.1) is 0 Å². The van der Waals surface area contributed by atoms with Gasteiger partial charge in [-0.2, -0.15) is 5.10 Å². The van der Waals surface area contributed by atoms with E-state index in [2.05, 4.69) is 5.10 Å². The highest BCUT2D eigenvalue weighted by Gasteiger charge is 2.08. The van der Waals surface area contributed by atoms with Crippen molar-refractivity contribution in [3.05, 3.63) is 29.5 Å². The van der Waals surface area contributed by atoms with Crippen LogP contribution in [0, 0.1) is 6.92 Å². The molecule has 0 radical (unpaired) electrons. The molecule has 0 spiro atoms. The highest BCUT2D eigenvalue weighted by atomic mass is 16.1. The van der Waals surface area contributed by atoms with Gasteiger partial charge in [-0.25, -0.2) is 0 Å². The summed E-state index contributed by atoms with van der Waals surface area (Å²) in [6.45, 7) is 4.87. The van der Waals surface area contributed by atoms with E-state index >= 15 is 0 Å². The van der Waals surface area contributed by atoms with Gasteiger partial charge in [0.1, 0.15) is 0 Å². The number of aldehydes is 1.